The molecule has 0 saturated carbocycles. The van der Waals surface area contributed by atoms with Crippen molar-refractivity contribution in [3.05, 3.63) is 34.9 Å². The Hall–Kier alpha value is -1.31. The summed E-state index contributed by atoms with van der Waals surface area (Å²) in [5.41, 5.74) is 4.04. The number of amides is 1. The van der Waals surface area contributed by atoms with Gasteiger partial charge in [0.15, 0.2) is 0 Å². The Morgan fingerprint density at radius 1 is 0.905 bits per heavy atom. The zero-order valence-corrected chi connectivity index (χ0v) is 14.2. The van der Waals surface area contributed by atoms with E-state index in [1.807, 2.05) is 11.0 Å². The number of hydrogen-bond acceptors (Lipinski definition) is 1. The lowest BCUT2D eigenvalue weighted by atomic mass is 10.1. The van der Waals surface area contributed by atoms with Gasteiger partial charge >= 0.3 is 0 Å². The molecule has 0 aliphatic carbocycles. The summed E-state index contributed by atoms with van der Waals surface area (Å²) in [6.07, 6.45) is 13.0. The molecule has 1 fully saturated rings. The summed E-state index contributed by atoms with van der Waals surface area (Å²) in [4.78, 5) is 13.9. The molecule has 1 amide bonds. The van der Waals surface area contributed by atoms with Crippen molar-refractivity contribution >= 4 is 5.91 Å². The van der Waals surface area contributed by atoms with Gasteiger partial charge in [-0.05, 0) is 66.2 Å². The molecule has 118 valence electrons. The Labute approximate surface area is 130 Å². The van der Waals surface area contributed by atoms with E-state index in [1.54, 1.807) is 0 Å². The SMILES string of the molecule is CC(C)=CCC/C(C)=C/CC/C(C)=C/C(=O)N1CCCC1. The van der Waals surface area contributed by atoms with Gasteiger partial charge in [-0.1, -0.05) is 28.9 Å². The Morgan fingerprint density at radius 3 is 2.10 bits per heavy atom. The van der Waals surface area contributed by atoms with Gasteiger partial charge in [-0.25, -0.2) is 0 Å². The quantitative estimate of drug-likeness (QED) is 0.475. The second-order valence-corrected chi connectivity index (χ2v) is 6.43. The van der Waals surface area contributed by atoms with Crippen molar-refractivity contribution in [1.82, 2.24) is 4.90 Å². The van der Waals surface area contributed by atoms with Crippen molar-refractivity contribution in [1.29, 1.82) is 0 Å². The molecule has 1 aliphatic rings. The van der Waals surface area contributed by atoms with Crippen LogP contribution in [0.4, 0.5) is 0 Å². The molecule has 0 atom stereocenters. The third-order valence-corrected chi connectivity index (χ3v) is 3.91. The highest BCUT2D eigenvalue weighted by Crippen LogP contribution is 2.13. The monoisotopic (exact) mass is 289 g/mol. The molecule has 0 spiro atoms. The van der Waals surface area contributed by atoms with Crippen LogP contribution in [0.3, 0.4) is 0 Å². The van der Waals surface area contributed by atoms with E-state index in [-0.39, 0.29) is 5.91 Å². The highest BCUT2D eigenvalue weighted by Gasteiger charge is 2.15. The van der Waals surface area contributed by atoms with Gasteiger partial charge in [-0.3, -0.25) is 4.79 Å². The predicted molar refractivity (Wildman–Crippen MR) is 91.2 cm³/mol. The summed E-state index contributed by atoms with van der Waals surface area (Å²) in [5, 5.41) is 0. The summed E-state index contributed by atoms with van der Waals surface area (Å²) < 4.78 is 0. The molecule has 1 aliphatic heterocycles. The molecule has 0 aromatic carbocycles. The first-order valence-corrected chi connectivity index (χ1v) is 8.24. The second kappa shape index (κ2) is 9.59. The number of nitrogens with zero attached hydrogens (tertiary/aromatic N) is 1. The second-order valence-electron chi connectivity index (χ2n) is 6.43. The van der Waals surface area contributed by atoms with E-state index >= 15 is 0 Å². The maximum Gasteiger partial charge on any atom is 0.246 e. The molecule has 2 heteroatoms. The Morgan fingerprint density at radius 2 is 1.48 bits per heavy atom. The first-order chi connectivity index (χ1) is 9.99. The minimum atomic E-state index is 0.203. The molecular weight excluding hydrogens is 258 g/mol. The zero-order valence-electron chi connectivity index (χ0n) is 14.2. The van der Waals surface area contributed by atoms with Crippen LogP contribution in [0.2, 0.25) is 0 Å². The molecule has 0 N–H and O–H groups in total. The van der Waals surface area contributed by atoms with Gasteiger partial charge in [-0.15, -0.1) is 0 Å². The standard InChI is InChI=1S/C19H31NO/c1-16(2)9-7-10-17(3)11-8-12-18(4)15-19(21)20-13-5-6-14-20/h9,11,15H,5-8,10,12-14H2,1-4H3/b17-11+,18-15+. The van der Waals surface area contributed by atoms with E-state index in [0.29, 0.717) is 0 Å². The lowest BCUT2D eigenvalue weighted by Gasteiger charge is -2.12. The van der Waals surface area contributed by atoms with Crippen LogP contribution >= 0.6 is 0 Å². The van der Waals surface area contributed by atoms with E-state index < -0.39 is 0 Å². The first kappa shape index (κ1) is 17.7. The third kappa shape index (κ3) is 7.89. The fourth-order valence-electron chi connectivity index (χ4n) is 2.55. The van der Waals surface area contributed by atoms with Crippen molar-refractivity contribution in [3.8, 4) is 0 Å². The van der Waals surface area contributed by atoms with Gasteiger partial charge in [0.2, 0.25) is 5.91 Å². The number of carbonyl (C=O) groups is 1. The van der Waals surface area contributed by atoms with Crippen molar-refractivity contribution in [2.24, 2.45) is 0 Å². The van der Waals surface area contributed by atoms with E-state index in [4.69, 9.17) is 0 Å². The fourth-order valence-corrected chi connectivity index (χ4v) is 2.55. The fraction of sp³-hybridized carbons (Fsp3) is 0.632. The Kier molecular flexibility index (Phi) is 8.11. The average Bonchev–Trinajstić information content (AvgIpc) is 2.92. The van der Waals surface area contributed by atoms with Crippen molar-refractivity contribution < 1.29 is 4.79 Å². The first-order valence-electron chi connectivity index (χ1n) is 8.24. The van der Waals surface area contributed by atoms with Crippen LogP contribution in [0, 0.1) is 0 Å². The van der Waals surface area contributed by atoms with Crippen LogP contribution in [-0.4, -0.2) is 23.9 Å². The highest BCUT2D eigenvalue weighted by atomic mass is 16.2. The van der Waals surface area contributed by atoms with Crippen LogP contribution in [0.15, 0.2) is 34.9 Å². The smallest absolute Gasteiger partial charge is 0.246 e. The van der Waals surface area contributed by atoms with Crippen LogP contribution < -0.4 is 0 Å². The van der Waals surface area contributed by atoms with E-state index in [1.165, 1.54) is 16.7 Å². The van der Waals surface area contributed by atoms with Gasteiger partial charge in [-0.2, -0.15) is 0 Å². The highest BCUT2D eigenvalue weighted by molar-refractivity contribution is 5.88. The van der Waals surface area contributed by atoms with Crippen molar-refractivity contribution in [2.45, 2.75) is 66.2 Å². The van der Waals surface area contributed by atoms with Crippen molar-refractivity contribution in [2.75, 3.05) is 13.1 Å². The van der Waals surface area contributed by atoms with E-state index in [2.05, 4.69) is 39.8 Å². The summed E-state index contributed by atoms with van der Waals surface area (Å²) >= 11 is 0. The summed E-state index contributed by atoms with van der Waals surface area (Å²) in [5.74, 6) is 0.203. The number of hydrogen-bond donors (Lipinski definition) is 0. The summed E-state index contributed by atoms with van der Waals surface area (Å²) in [7, 11) is 0. The van der Waals surface area contributed by atoms with Gasteiger partial charge < -0.3 is 4.90 Å². The molecule has 1 saturated heterocycles. The predicted octanol–water partition coefficient (Wildman–Crippen LogP) is 5.03. The van der Waals surface area contributed by atoms with Gasteiger partial charge in [0, 0.05) is 19.2 Å². The molecule has 0 unspecified atom stereocenters. The molecule has 0 bridgehead atoms. The van der Waals surface area contributed by atoms with Gasteiger partial charge in [0.05, 0.1) is 0 Å². The molecular formula is C19H31NO. The number of likely N-dealkylation sites (tertiary alicyclic amines) is 1. The van der Waals surface area contributed by atoms with Gasteiger partial charge in [0.1, 0.15) is 0 Å². The molecule has 2 nitrogen and oxygen atoms in total. The normalized spacial score (nSPS) is 16.3. The maximum absolute atomic E-state index is 12.0. The molecule has 21 heavy (non-hydrogen) atoms. The molecule has 1 rings (SSSR count). The maximum atomic E-state index is 12.0. The third-order valence-electron chi connectivity index (χ3n) is 3.91. The van der Waals surface area contributed by atoms with E-state index in [0.717, 1.165) is 51.6 Å². The van der Waals surface area contributed by atoms with Crippen LogP contribution in [-0.2, 0) is 4.79 Å². The number of rotatable bonds is 7. The number of allylic oxidation sites excluding steroid dienone is 5. The van der Waals surface area contributed by atoms with Crippen LogP contribution in [0.25, 0.3) is 0 Å². The molecule has 0 aromatic heterocycles. The topological polar surface area (TPSA) is 20.3 Å². The van der Waals surface area contributed by atoms with Gasteiger partial charge in [0.25, 0.3) is 0 Å². The summed E-state index contributed by atoms with van der Waals surface area (Å²) in [6.45, 7) is 10.4. The molecule has 0 radical (unpaired) electrons. The lowest BCUT2D eigenvalue weighted by molar-refractivity contribution is -0.125. The minimum absolute atomic E-state index is 0.203. The van der Waals surface area contributed by atoms with Crippen molar-refractivity contribution in [3.63, 3.8) is 0 Å². The zero-order chi connectivity index (χ0) is 15.7. The Balaban J connectivity index is 2.29. The minimum Gasteiger partial charge on any atom is -0.339 e. The lowest BCUT2D eigenvalue weighted by Crippen LogP contribution is -2.25. The average molecular weight is 289 g/mol. The molecule has 1 heterocycles. The molecule has 0 aromatic rings. The van der Waals surface area contributed by atoms with E-state index in [9.17, 15) is 4.79 Å². The van der Waals surface area contributed by atoms with Crippen LogP contribution in [0.1, 0.15) is 66.2 Å². The largest absolute Gasteiger partial charge is 0.339 e. The summed E-state index contributed by atoms with van der Waals surface area (Å²) in [6, 6.07) is 0. The number of carbonyl (C=O) groups excluding carboxylic acids is 1. The van der Waals surface area contributed by atoms with Crippen LogP contribution in [0.5, 0.6) is 0 Å². The Bertz CT molecular complexity index is 419.